The highest BCUT2D eigenvalue weighted by Gasteiger charge is 2.42. The molecule has 2 saturated heterocycles. The van der Waals surface area contributed by atoms with Crippen LogP contribution in [0.15, 0.2) is 28.3 Å². The lowest BCUT2D eigenvalue weighted by Gasteiger charge is -2.47. The van der Waals surface area contributed by atoms with Gasteiger partial charge in [0.1, 0.15) is 0 Å². The van der Waals surface area contributed by atoms with Crippen LogP contribution in [0.3, 0.4) is 0 Å². The van der Waals surface area contributed by atoms with Crippen LogP contribution in [0.4, 0.5) is 0 Å². The van der Waals surface area contributed by atoms with E-state index in [0.717, 1.165) is 28.8 Å². The molecule has 2 amide bonds. The van der Waals surface area contributed by atoms with Crippen LogP contribution < -0.4 is 0 Å². The van der Waals surface area contributed by atoms with Crippen LogP contribution in [0, 0.1) is 6.92 Å². The minimum absolute atomic E-state index is 0.0847. The summed E-state index contributed by atoms with van der Waals surface area (Å²) >= 11 is 3.05. The molecule has 0 atom stereocenters. The molecule has 0 bridgehead atoms. The number of morpholine rings is 1. The lowest BCUT2D eigenvalue weighted by Crippen LogP contribution is -2.58. The molecule has 2 aliphatic heterocycles. The molecule has 0 saturated carbocycles. The zero-order chi connectivity index (χ0) is 18.1. The molecular weight excluding hydrogens is 368 g/mol. The van der Waals surface area contributed by atoms with E-state index in [1.54, 1.807) is 11.3 Å². The van der Waals surface area contributed by atoms with Gasteiger partial charge >= 0.3 is 0 Å². The van der Waals surface area contributed by atoms with Crippen molar-refractivity contribution in [1.82, 2.24) is 9.80 Å². The number of aryl methyl sites for hydroxylation is 1. The van der Waals surface area contributed by atoms with Gasteiger partial charge in [0.2, 0.25) is 0 Å². The Labute approximate surface area is 161 Å². The third kappa shape index (κ3) is 3.43. The van der Waals surface area contributed by atoms with E-state index in [1.807, 2.05) is 45.0 Å². The summed E-state index contributed by atoms with van der Waals surface area (Å²) in [4.78, 5) is 29.9. The van der Waals surface area contributed by atoms with Gasteiger partial charge in [-0.2, -0.15) is 11.3 Å². The fourth-order valence-electron chi connectivity index (χ4n) is 3.71. The maximum atomic E-state index is 12.7. The van der Waals surface area contributed by atoms with Gasteiger partial charge in [0.05, 0.1) is 29.2 Å². The Kier molecular flexibility index (Phi) is 4.86. The Bertz CT molecular complexity index is 792. The summed E-state index contributed by atoms with van der Waals surface area (Å²) in [6, 6.07) is 3.83. The van der Waals surface area contributed by atoms with Crippen molar-refractivity contribution in [3.8, 4) is 0 Å². The van der Waals surface area contributed by atoms with E-state index < -0.39 is 0 Å². The highest BCUT2D eigenvalue weighted by Crippen LogP contribution is 2.32. The summed E-state index contributed by atoms with van der Waals surface area (Å²) in [5.41, 5.74) is 1.57. The molecule has 4 rings (SSSR count). The molecule has 2 fully saturated rings. The van der Waals surface area contributed by atoms with Crippen LogP contribution >= 0.6 is 22.7 Å². The van der Waals surface area contributed by atoms with Crippen LogP contribution in [0.5, 0.6) is 0 Å². The summed E-state index contributed by atoms with van der Waals surface area (Å²) in [7, 11) is 0. The Hall–Kier alpha value is -1.70. The Morgan fingerprint density at radius 3 is 2.58 bits per heavy atom. The standard InChI is InChI=1S/C19H22N2O3S2/c1-14-10-16(26-11-14)18(23)20-5-3-19(4-6-20)13-21(7-8-24-19)17(22)15-2-9-25-12-15/h2,9-12H,3-8,13H2,1H3. The number of amides is 2. The molecular formula is C19H22N2O3S2. The molecule has 0 aliphatic carbocycles. The summed E-state index contributed by atoms with van der Waals surface area (Å²) in [5.74, 6) is 0.196. The normalized spacial score (nSPS) is 19.7. The predicted octanol–water partition coefficient (Wildman–Crippen LogP) is 3.27. The first-order chi connectivity index (χ1) is 12.6. The van der Waals surface area contributed by atoms with E-state index in [1.165, 1.54) is 11.3 Å². The number of carbonyl (C=O) groups excluding carboxylic acids is 2. The second-order valence-corrected chi connectivity index (χ2v) is 8.74. The molecule has 1 spiro atoms. The van der Waals surface area contributed by atoms with E-state index >= 15 is 0 Å². The second-order valence-electron chi connectivity index (χ2n) is 7.05. The van der Waals surface area contributed by atoms with Crippen LogP contribution in [-0.4, -0.2) is 60.0 Å². The average Bonchev–Trinajstić information content (AvgIpc) is 3.33. The molecule has 5 nitrogen and oxygen atoms in total. The first-order valence-electron chi connectivity index (χ1n) is 8.86. The quantitative estimate of drug-likeness (QED) is 0.791. The zero-order valence-corrected chi connectivity index (χ0v) is 16.4. The van der Waals surface area contributed by atoms with Gasteiger partial charge in [0.25, 0.3) is 11.8 Å². The number of likely N-dealkylation sites (tertiary alicyclic amines) is 1. The number of rotatable bonds is 2. The molecule has 26 heavy (non-hydrogen) atoms. The number of thiophene rings is 2. The average molecular weight is 391 g/mol. The third-order valence-corrected chi connectivity index (χ3v) is 6.93. The van der Waals surface area contributed by atoms with E-state index in [0.29, 0.717) is 32.8 Å². The third-order valence-electron chi connectivity index (χ3n) is 5.21. The van der Waals surface area contributed by atoms with Crippen molar-refractivity contribution < 1.29 is 14.3 Å². The monoisotopic (exact) mass is 390 g/mol. The highest BCUT2D eigenvalue weighted by molar-refractivity contribution is 7.12. The fraction of sp³-hybridized carbons (Fsp3) is 0.474. The SMILES string of the molecule is Cc1csc(C(=O)N2CCC3(CC2)CN(C(=O)c2ccsc2)CCO3)c1. The summed E-state index contributed by atoms with van der Waals surface area (Å²) in [6.07, 6.45) is 1.55. The number of hydrogen-bond acceptors (Lipinski definition) is 5. The summed E-state index contributed by atoms with van der Waals surface area (Å²) in [6.45, 7) is 5.17. The zero-order valence-electron chi connectivity index (χ0n) is 14.8. The minimum Gasteiger partial charge on any atom is -0.371 e. The van der Waals surface area contributed by atoms with E-state index in [2.05, 4.69) is 0 Å². The Balaban J connectivity index is 1.40. The number of carbonyl (C=O) groups is 2. The number of piperidine rings is 1. The van der Waals surface area contributed by atoms with Crippen LogP contribution in [0.2, 0.25) is 0 Å². The lowest BCUT2D eigenvalue weighted by molar-refractivity contribution is -0.123. The van der Waals surface area contributed by atoms with Crippen molar-refractivity contribution in [2.75, 3.05) is 32.8 Å². The minimum atomic E-state index is -0.313. The maximum Gasteiger partial charge on any atom is 0.263 e. The van der Waals surface area contributed by atoms with Gasteiger partial charge in [0.15, 0.2) is 0 Å². The smallest absolute Gasteiger partial charge is 0.263 e. The predicted molar refractivity (Wildman–Crippen MR) is 103 cm³/mol. The van der Waals surface area contributed by atoms with Crippen molar-refractivity contribution >= 4 is 34.5 Å². The fourth-order valence-corrected chi connectivity index (χ4v) is 5.20. The number of nitrogens with zero attached hydrogens (tertiary/aromatic N) is 2. The van der Waals surface area contributed by atoms with Crippen molar-refractivity contribution in [2.24, 2.45) is 0 Å². The van der Waals surface area contributed by atoms with E-state index in [4.69, 9.17) is 4.74 Å². The molecule has 7 heteroatoms. The van der Waals surface area contributed by atoms with Gasteiger partial charge in [-0.25, -0.2) is 0 Å². The Morgan fingerprint density at radius 2 is 1.92 bits per heavy atom. The first-order valence-corrected chi connectivity index (χ1v) is 10.7. The highest BCUT2D eigenvalue weighted by atomic mass is 32.1. The van der Waals surface area contributed by atoms with E-state index in [-0.39, 0.29) is 17.4 Å². The van der Waals surface area contributed by atoms with Gasteiger partial charge in [-0.15, -0.1) is 11.3 Å². The summed E-state index contributed by atoms with van der Waals surface area (Å²) in [5, 5.41) is 5.84. The van der Waals surface area contributed by atoms with Crippen molar-refractivity contribution in [2.45, 2.75) is 25.4 Å². The molecule has 0 aromatic carbocycles. The van der Waals surface area contributed by atoms with Crippen LogP contribution in [-0.2, 0) is 4.74 Å². The molecule has 0 unspecified atom stereocenters. The van der Waals surface area contributed by atoms with Crippen molar-refractivity contribution in [3.63, 3.8) is 0 Å². The topological polar surface area (TPSA) is 49.9 Å². The summed E-state index contributed by atoms with van der Waals surface area (Å²) < 4.78 is 6.12. The Morgan fingerprint density at radius 1 is 1.12 bits per heavy atom. The molecule has 2 aliphatic rings. The van der Waals surface area contributed by atoms with Crippen LogP contribution in [0.1, 0.15) is 38.4 Å². The number of ether oxygens (including phenoxy) is 1. The molecule has 2 aromatic rings. The van der Waals surface area contributed by atoms with Gasteiger partial charge in [0, 0.05) is 25.0 Å². The molecule has 138 valence electrons. The van der Waals surface area contributed by atoms with Crippen molar-refractivity contribution in [1.29, 1.82) is 0 Å². The van der Waals surface area contributed by atoms with E-state index in [9.17, 15) is 9.59 Å². The van der Waals surface area contributed by atoms with Gasteiger partial charge in [-0.05, 0) is 48.2 Å². The van der Waals surface area contributed by atoms with Crippen LogP contribution in [0.25, 0.3) is 0 Å². The van der Waals surface area contributed by atoms with Crippen molar-refractivity contribution in [3.05, 3.63) is 44.3 Å². The first kappa shape index (κ1) is 17.7. The molecule has 0 N–H and O–H groups in total. The molecule has 4 heterocycles. The second kappa shape index (κ2) is 7.13. The molecule has 0 radical (unpaired) electrons. The number of hydrogen-bond donors (Lipinski definition) is 0. The van der Waals surface area contributed by atoms with Gasteiger partial charge in [-0.1, -0.05) is 0 Å². The molecule has 2 aromatic heterocycles. The lowest BCUT2D eigenvalue weighted by atomic mass is 9.89. The largest absolute Gasteiger partial charge is 0.371 e. The van der Waals surface area contributed by atoms with Gasteiger partial charge in [-0.3, -0.25) is 9.59 Å². The maximum absolute atomic E-state index is 12.7. The van der Waals surface area contributed by atoms with Gasteiger partial charge < -0.3 is 14.5 Å².